The summed E-state index contributed by atoms with van der Waals surface area (Å²) in [6.45, 7) is 3.96. The second-order valence-corrected chi connectivity index (χ2v) is 6.92. The van der Waals surface area contributed by atoms with Crippen LogP contribution in [0.25, 0.3) is 0 Å². The van der Waals surface area contributed by atoms with E-state index in [9.17, 15) is 4.79 Å². The third kappa shape index (κ3) is 5.15. The van der Waals surface area contributed by atoms with E-state index in [2.05, 4.69) is 27.3 Å². The van der Waals surface area contributed by atoms with Crippen molar-refractivity contribution in [1.29, 1.82) is 0 Å². The average Bonchev–Trinajstić information content (AvgIpc) is 3.21. The molecule has 122 valence electrons. The van der Waals surface area contributed by atoms with Crippen molar-refractivity contribution in [3.8, 4) is 0 Å². The number of carbonyl (C=O) groups is 1. The van der Waals surface area contributed by atoms with Crippen LogP contribution in [0.5, 0.6) is 0 Å². The molecule has 0 bridgehead atoms. The standard InChI is InChI=1S/C18H23N3OS/c22-17(19-9-8-15-6-2-1-3-7-15)12-16-14-23-18(20-16)13-21-10-4-5-11-21/h1-3,6-7,14H,4-5,8-13H2,(H,19,22). The van der Waals surface area contributed by atoms with E-state index in [0.717, 1.165) is 23.7 Å². The van der Waals surface area contributed by atoms with Gasteiger partial charge in [0.15, 0.2) is 0 Å². The van der Waals surface area contributed by atoms with Gasteiger partial charge in [0, 0.05) is 11.9 Å². The van der Waals surface area contributed by atoms with E-state index in [1.165, 1.54) is 31.5 Å². The van der Waals surface area contributed by atoms with Gasteiger partial charge in [-0.25, -0.2) is 4.98 Å². The number of aromatic nitrogens is 1. The average molecular weight is 329 g/mol. The fraction of sp³-hybridized carbons (Fsp3) is 0.444. The molecule has 1 saturated heterocycles. The smallest absolute Gasteiger partial charge is 0.226 e. The zero-order chi connectivity index (χ0) is 15.9. The molecule has 2 heterocycles. The van der Waals surface area contributed by atoms with Crippen molar-refractivity contribution in [2.24, 2.45) is 0 Å². The van der Waals surface area contributed by atoms with Gasteiger partial charge in [-0.1, -0.05) is 30.3 Å². The molecule has 23 heavy (non-hydrogen) atoms. The largest absolute Gasteiger partial charge is 0.355 e. The molecule has 2 aromatic rings. The van der Waals surface area contributed by atoms with Crippen molar-refractivity contribution in [2.45, 2.75) is 32.2 Å². The second-order valence-electron chi connectivity index (χ2n) is 5.98. The van der Waals surface area contributed by atoms with Crippen LogP contribution in [0, 0.1) is 0 Å². The van der Waals surface area contributed by atoms with E-state index < -0.39 is 0 Å². The Balaban J connectivity index is 1.40. The van der Waals surface area contributed by atoms with Gasteiger partial charge in [-0.05, 0) is 37.9 Å². The summed E-state index contributed by atoms with van der Waals surface area (Å²) in [5.41, 5.74) is 2.13. The maximum atomic E-state index is 12.0. The molecule has 1 aromatic carbocycles. The van der Waals surface area contributed by atoms with Crippen molar-refractivity contribution in [3.63, 3.8) is 0 Å². The number of likely N-dealkylation sites (tertiary alicyclic amines) is 1. The second kappa shape index (κ2) is 8.22. The Morgan fingerprint density at radius 2 is 2.00 bits per heavy atom. The number of benzene rings is 1. The van der Waals surface area contributed by atoms with Crippen molar-refractivity contribution in [1.82, 2.24) is 15.2 Å². The molecule has 5 heteroatoms. The van der Waals surface area contributed by atoms with Crippen molar-refractivity contribution in [3.05, 3.63) is 52.0 Å². The number of hydrogen-bond donors (Lipinski definition) is 1. The van der Waals surface area contributed by atoms with Gasteiger partial charge >= 0.3 is 0 Å². The number of thiazole rings is 1. The molecule has 0 unspecified atom stereocenters. The molecule has 1 aliphatic rings. The van der Waals surface area contributed by atoms with E-state index in [1.807, 2.05) is 23.6 Å². The molecule has 0 aliphatic carbocycles. The van der Waals surface area contributed by atoms with Crippen LogP contribution in [-0.4, -0.2) is 35.4 Å². The lowest BCUT2D eigenvalue weighted by Gasteiger charge is -2.11. The number of carbonyl (C=O) groups excluding carboxylic acids is 1. The lowest BCUT2D eigenvalue weighted by molar-refractivity contribution is -0.120. The first-order valence-corrected chi connectivity index (χ1v) is 9.14. The molecule has 0 spiro atoms. The summed E-state index contributed by atoms with van der Waals surface area (Å²) in [6, 6.07) is 10.2. The van der Waals surface area contributed by atoms with Crippen LogP contribution in [0.2, 0.25) is 0 Å². The lowest BCUT2D eigenvalue weighted by Crippen LogP contribution is -2.27. The molecule has 1 aromatic heterocycles. The molecule has 0 atom stereocenters. The van der Waals surface area contributed by atoms with Crippen LogP contribution in [-0.2, 0) is 24.2 Å². The quantitative estimate of drug-likeness (QED) is 0.849. The van der Waals surface area contributed by atoms with Gasteiger partial charge in [0.2, 0.25) is 5.91 Å². The molecule has 1 N–H and O–H groups in total. The Labute approximate surface area is 141 Å². The number of nitrogens with zero attached hydrogens (tertiary/aromatic N) is 2. The van der Waals surface area contributed by atoms with Gasteiger partial charge in [-0.15, -0.1) is 11.3 Å². The zero-order valence-electron chi connectivity index (χ0n) is 13.3. The van der Waals surface area contributed by atoms with Crippen LogP contribution in [0.4, 0.5) is 0 Å². The third-order valence-corrected chi connectivity index (χ3v) is 4.96. The number of hydrogen-bond acceptors (Lipinski definition) is 4. The fourth-order valence-corrected chi connectivity index (χ4v) is 3.69. The minimum absolute atomic E-state index is 0.0546. The highest BCUT2D eigenvalue weighted by Gasteiger charge is 2.14. The molecule has 0 radical (unpaired) electrons. The summed E-state index contributed by atoms with van der Waals surface area (Å²) in [7, 11) is 0. The number of rotatable bonds is 7. The highest BCUT2D eigenvalue weighted by Crippen LogP contribution is 2.16. The first-order chi connectivity index (χ1) is 11.3. The van der Waals surface area contributed by atoms with E-state index in [0.29, 0.717) is 13.0 Å². The Hall–Kier alpha value is -1.72. The van der Waals surface area contributed by atoms with E-state index in [-0.39, 0.29) is 5.91 Å². The molecule has 0 saturated carbocycles. The maximum absolute atomic E-state index is 12.0. The van der Waals surface area contributed by atoms with Gasteiger partial charge in [0.1, 0.15) is 5.01 Å². The SMILES string of the molecule is O=C(Cc1csc(CN2CCCC2)n1)NCCc1ccccc1. The topological polar surface area (TPSA) is 45.2 Å². The Morgan fingerprint density at radius 3 is 2.78 bits per heavy atom. The lowest BCUT2D eigenvalue weighted by atomic mass is 10.1. The summed E-state index contributed by atoms with van der Waals surface area (Å²) >= 11 is 1.67. The predicted molar refractivity (Wildman–Crippen MR) is 93.5 cm³/mol. The van der Waals surface area contributed by atoms with E-state index in [1.54, 1.807) is 11.3 Å². The van der Waals surface area contributed by atoms with Gasteiger partial charge in [-0.3, -0.25) is 9.69 Å². The molecule has 1 amide bonds. The van der Waals surface area contributed by atoms with Crippen molar-refractivity contribution >= 4 is 17.2 Å². The normalized spacial score (nSPS) is 15.0. The Bertz CT molecular complexity index is 620. The zero-order valence-corrected chi connectivity index (χ0v) is 14.1. The first kappa shape index (κ1) is 16.1. The molecule has 4 nitrogen and oxygen atoms in total. The number of nitrogens with one attached hydrogen (secondary N) is 1. The first-order valence-electron chi connectivity index (χ1n) is 8.26. The Morgan fingerprint density at radius 1 is 1.22 bits per heavy atom. The van der Waals surface area contributed by atoms with E-state index in [4.69, 9.17) is 0 Å². The maximum Gasteiger partial charge on any atom is 0.226 e. The minimum Gasteiger partial charge on any atom is -0.355 e. The Kier molecular flexibility index (Phi) is 5.77. The van der Waals surface area contributed by atoms with Gasteiger partial charge < -0.3 is 5.32 Å². The summed E-state index contributed by atoms with van der Waals surface area (Å²) < 4.78 is 0. The van der Waals surface area contributed by atoms with Gasteiger partial charge in [0.25, 0.3) is 0 Å². The van der Waals surface area contributed by atoms with Crippen LogP contribution >= 0.6 is 11.3 Å². The van der Waals surface area contributed by atoms with Crippen LogP contribution < -0.4 is 5.32 Å². The highest BCUT2D eigenvalue weighted by atomic mass is 32.1. The molecular formula is C18H23N3OS. The fourth-order valence-electron chi connectivity index (χ4n) is 2.85. The summed E-state index contributed by atoms with van der Waals surface area (Å²) in [4.78, 5) is 19.0. The summed E-state index contributed by atoms with van der Waals surface area (Å²) in [5.74, 6) is 0.0546. The molecule has 3 rings (SSSR count). The summed E-state index contributed by atoms with van der Waals surface area (Å²) in [6.07, 6.45) is 3.83. The van der Waals surface area contributed by atoms with Crippen LogP contribution in [0.1, 0.15) is 29.1 Å². The van der Waals surface area contributed by atoms with Crippen LogP contribution in [0.3, 0.4) is 0 Å². The summed E-state index contributed by atoms with van der Waals surface area (Å²) in [5, 5.41) is 6.12. The highest BCUT2D eigenvalue weighted by molar-refractivity contribution is 7.09. The monoisotopic (exact) mass is 329 g/mol. The van der Waals surface area contributed by atoms with Gasteiger partial charge in [0.05, 0.1) is 18.7 Å². The predicted octanol–water partition coefficient (Wildman–Crippen LogP) is 2.64. The molecule has 1 aliphatic heterocycles. The van der Waals surface area contributed by atoms with E-state index >= 15 is 0 Å². The van der Waals surface area contributed by atoms with Gasteiger partial charge in [-0.2, -0.15) is 0 Å². The molecule has 1 fully saturated rings. The third-order valence-electron chi connectivity index (χ3n) is 4.08. The minimum atomic E-state index is 0.0546. The van der Waals surface area contributed by atoms with Crippen molar-refractivity contribution < 1.29 is 4.79 Å². The van der Waals surface area contributed by atoms with Crippen molar-refractivity contribution in [2.75, 3.05) is 19.6 Å². The molecular weight excluding hydrogens is 306 g/mol. The van der Waals surface area contributed by atoms with Crippen LogP contribution in [0.15, 0.2) is 35.7 Å². The number of amides is 1.